The van der Waals surface area contributed by atoms with Crippen LogP contribution in [-0.4, -0.2) is 43.8 Å². The standard InChI is InChI=1S/C19H21N5O3S/c20-17-15-3-1-2-4-16(15)22-19(23-17)9-11-24(12-10-19)18(25)13-5-7-14(8-6-13)28(21,26)27/h1-8,22H,9-12H2,(H2,20,23)(H2,21,26,27). The third-order valence-electron chi connectivity index (χ3n) is 5.21. The first-order valence-corrected chi connectivity index (χ1v) is 10.5. The SMILES string of the molecule is NC1=NC2(CCN(C(=O)c3ccc(S(N)(=O)=O)cc3)CC2)Nc2ccccc21. The summed E-state index contributed by atoms with van der Waals surface area (Å²) in [6, 6.07) is 13.4. The molecular weight excluding hydrogens is 378 g/mol. The third kappa shape index (κ3) is 3.34. The highest BCUT2D eigenvalue weighted by atomic mass is 32.2. The number of sulfonamides is 1. The lowest BCUT2D eigenvalue weighted by Crippen LogP contribution is -2.52. The van der Waals surface area contributed by atoms with Gasteiger partial charge in [0, 0.05) is 42.7 Å². The number of nitrogens with zero attached hydrogens (tertiary/aromatic N) is 2. The van der Waals surface area contributed by atoms with Crippen LogP contribution in [0.3, 0.4) is 0 Å². The van der Waals surface area contributed by atoms with Crippen molar-refractivity contribution in [1.82, 2.24) is 4.90 Å². The Hall–Kier alpha value is -2.91. The number of nitrogens with two attached hydrogens (primary N) is 2. The van der Waals surface area contributed by atoms with Gasteiger partial charge in [-0.2, -0.15) is 0 Å². The van der Waals surface area contributed by atoms with E-state index in [2.05, 4.69) is 10.3 Å². The number of nitrogens with one attached hydrogen (secondary N) is 1. The summed E-state index contributed by atoms with van der Waals surface area (Å²) in [5.74, 6) is 0.358. The van der Waals surface area contributed by atoms with Crippen LogP contribution in [0.4, 0.5) is 5.69 Å². The molecule has 4 rings (SSSR count). The molecule has 0 aromatic heterocycles. The average molecular weight is 399 g/mol. The van der Waals surface area contributed by atoms with E-state index in [0.29, 0.717) is 37.3 Å². The first-order valence-electron chi connectivity index (χ1n) is 8.93. The highest BCUT2D eigenvalue weighted by molar-refractivity contribution is 7.89. The number of fused-ring (bicyclic) bond motifs is 1. The molecule has 0 unspecified atom stereocenters. The molecule has 8 nitrogen and oxygen atoms in total. The number of benzene rings is 2. The van der Waals surface area contributed by atoms with Gasteiger partial charge >= 0.3 is 0 Å². The zero-order valence-corrected chi connectivity index (χ0v) is 15.9. The molecule has 0 saturated carbocycles. The van der Waals surface area contributed by atoms with E-state index < -0.39 is 15.7 Å². The minimum absolute atomic E-state index is 0.0171. The van der Waals surface area contributed by atoms with Gasteiger partial charge in [-0.05, 0) is 36.4 Å². The lowest BCUT2D eigenvalue weighted by molar-refractivity contribution is 0.0685. The minimum Gasteiger partial charge on any atom is -0.383 e. The van der Waals surface area contributed by atoms with E-state index in [1.54, 1.807) is 4.90 Å². The fourth-order valence-corrected chi connectivity index (χ4v) is 4.19. The number of amides is 1. The summed E-state index contributed by atoms with van der Waals surface area (Å²) in [6.07, 6.45) is 1.26. The molecule has 2 heterocycles. The van der Waals surface area contributed by atoms with Crippen molar-refractivity contribution < 1.29 is 13.2 Å². The van der Waals surface area contributed by atoms with Crippen LogP contribution >= 0.6 is 0 Å². The number of hydrogen-bond donors (Lipinski definition) is 3. The number of carbonyl (C=O) groups is 1. The first-order chi connectivity index (χ1) is 13.3. The molecule has 0 bridgehead atoms. The summed E-state index contributed by atoms with van der Waals surface area (Å²) in [4.78, 5) is 19.2. The Bertz CT molecular complexity index is 1060. The van der Waals surface area contributed by atoms with Gasteiger partial charge in [0.05, 0.1) is 4.90 Å². The molecule has 1 saturated heterocycles. The Kier molecular flexibility index (Phi) is 4.35. The van der Waals surface area contributed by atoms with Crippen LogP contribution in [-0.2, 0) is 10.0 Å². The van der Waals surface area contributed by atoms with E-state index in [-0.39, 0.29) is 10.8 Å². The van der Waals surface area contributed by atoms with Crippen molar-refractivity contribution in [3.8, 4) is 0 Å². The normalized spacial score (nSPS) is 18.2. The largest absolute Gasteiger partial charge is 0.383 e. The van der Waals surface area contributed by atoms with Crippen LogP contribution in [0.15, 0.2) is 58.4 Å². The van der Waals surface area contributed by atoms with E-state index in [1.165, 1.54) is 24.3 Å². The van der Waals surface area contributed by atoms with Crippen molar-refractivity contribution in [1.29, 1.82) is 0 Å². The molecular formula is C19H21N5O3S. The Morgan fingerprint density at radius 3 is 2.36 bits per heavy atom. The van der Waals surface area contributed by atoms with E-state index in [9.17, 15) is 13.2 Å². The van der Waals surface area contributed by atoms with E-state index in [0.717, 1.165) is 11.3 Å². The number of anilines is 1. The van der Waals surface area contributed by atoms with Crippen molar-refractivity contribution in [2.75, 3.05) is 18.4 Å². The van der Waals surface area contributed by atoms with Crippen molar-refractivity contribution in [3.05, 3.63) is 59.7 Å². The average Bonchev–Trinajstić information content (AvgIpc) is 2.67. The van der Waals surface area contributed by atoms with Gasteiger partial charge in [0.15, 0.2) is 0 Å². The fraction of sp³-hybridized carbons (Fsp3) is 0.263. The molecule has 146 valence electrons. The molecule has 5 N–H and O–H groups in total. The summed E-state index contributed by atoms with van der Waals surface area (Å²) in [6.45, 7) is 1.03. The molecule has 2 aromatic carbocycles. The molecule has 2 aromatic rings. The summed E-state index contributed by atoms with van der Waals surface area (Å²) in [5, 5.41) is 8.58. The number of likely N-dealkylation sites (tertiary alicyclic amines) is 1. The molecule has 9 heteroatoms. The number of hydrogen-bond acceptors (Lipinski definition) is 6. The van der Waals surface area contributed by atoms with Gasteiger partial charge < -0.3 is 16.0 Å². The molecule has 1 amide bonds. The molecule has 1 fully saturated rings. The molecule has 28 heavy (non-hydrogen) atoms. The predicted octanol–water partition coefficient (Wildman–Crippen LogP) is 1.10. The van der Waals surface area contributed by atoms with Gasteiger partial charge in [0.1, 0.15) is 11.5 Å². The lowest BCUT2D eigenvalue weighted by atomic mass is 9.93. The zero-order valence-electron chi connectivity index (χ0n) is 15.1. The monoisotopic (exact) mass is 399 g/mol. The minimum atomic E-state index is -3.78. The number of rotatable bonds is 2. The second kappa shape index (κ2) is 6.61. The van der Waals surface area contributed by atoms with Crippen molar-refractivity contribution in [2.45, 2.75) is 23.4 Å². The van der Waals surface area contributed by atoms with Crippen LogP contribution in [0.25, 0.3) is 0 Å². The quantitative estimate of drug-likeness (QED) is 0.696. The predicted molar refractivity (Wildman–Crippen MR) is 106 cm³/mol. The van der Waals surface area contributed by atoms with Crippen LogP contribution in [0.5, 0.6) is 0 Å². The van der Waals surface area contributed by atoms with Crippen molar-refractivity contribution >= 4 is 27.5 Å². The Labute approximate surface area is 163 Å². The smallest absolute Gasteiger partial charge is 0.253 e. The van der Waals surface area contributed by atoms with Crippen molar-refractivity contribution in [3.63, 3.8) is 0 Å². The first kappa shape index (κ1) is 18.5. The van der Waals surface area contributed by atoms with Gasteiger partial charge in [0.2, 0.25) is 10.0 Å². The van der Waals surface area contributed by atoms with Gasteiger partial charge in [-0.1, -0.05) is 12.1 Å². The number of piperidine rings is 1. The maximum atomic E-state index is 12.8. The van der Waals surface area contributed by atoms with Gasteiger partial charge in [-0.15, -0.1) is 0 Å². The Morgan fingerprint density at radius 2 is 1.71 bits per heavy atom. The van der Waals surface area contributed by atoms with Gasteiger partial charge in [-0.25, -0.2) is 18.5 Å². The number of primary sulfonamides is 1. The molecule has 0 atom stereocenters. The van der Waals surface area contributed by atoms with Crippen LogP contribution in [0.1, 0.15) is 28.8 Å². The van der Waals surface area contributed by atoms with E-state index >= 15 is 0 Å². The zero-order chi connectivity index (χ0) is 19.9. The maximum absolute atomic E-state index is 12.8. The maximum Gasteiger partial charge on any atom is 0.253 e. The molecule has 2 aliphatic heterocycles. The van der Waals surface area contributed by atoms with Crippen LogP contribution in [0.2, 0.25) is 0 Å². The second-order valence-corrected chi connectivity index (χ2v) is 8.62. The molecule has 0 radical (unpaired) electrons. The highest BCUT2D eigenvalue weighted by Crippen LogP contribution is 2.34. The number of amidine groups is 1. The van der Waals surface area contributed by atoms with Crippen molar-refractivity contribution in [2.24, 2.45) is 15.9 Å². The van der Waals surface area contributed by atoms with Gasteiger partial charge in [-0.3, -0.25) is 4.79 Å². The van der Waals surface area contributed by atoms with Gasteiger partial charge in [0.25, 0.3) is 5.91 Å². The van der Waals surface area contributed by atoms with E-state index in [4.69, 9.17) is 10.9 Å². The second-order valence-electron chi connectivity index (χ2n) is 7.06. The van der Waals surface area contributed by atoms with Crippen LogP contribution in [0, 0.1) is 0 Å². The number of carbonyl (C=O) groups excluding carboxylic acids is 1. The Balaban J connectivity index is 1.47. The number of aliphatic imine (C=N–C) groups is 1. The molecule has 0 aliphatic carbocycles. The third-order valence-corrected chi connectivity index (χ3v) is 6.14. The summed E-state index contributed by atoms with van der Waals surface area (Å²) >= 11 is 0. The van der Waals surface area contributed by atoms with E-state index in [1.807, 2.05) is 24.3 Å². The molecule has 1 spiro atoms. The number of para-hydroxylation sites is 1. The lowest BCUT2D eigenvalue weighted by Gasteiger charge is -2.42. The highest BCUT2D eigenvalue weighted by Gasteiger charge is 2.38. The molecule has 2 aliphatic rings. The van der Waals surface area contributed by atoms with Crippen LogP contribution < -0.4 is 16.2 Å². The topological polar surface area (TPSA) is 131 Å². The summed E-state index contributed by atoms with van der Waals surface area (Å²) in [5.41, 5.74) is 7.92. The Morgan fingerprint density at radius 1 is 1.07 bits per heavy atom. The fourth-order valence-electron chi connectivity index (χ4n) is 3.67. The summed E-state index contributed by atoms with van der Waals surface area (Å²) in [7, 11) is -3.78. The summed E-state index contributed by atoms with van der Waals surface area (Å²) < 4.78 is 22.7.